The maximum atomic E-state index is 12.2. The lowest BCUT2D eigenvalue weighted by molar-refractivity contribution is -0.118. The molecule has 28 heavy (non-hydrogen) atoms. The van der Waals surface area contributed by atoms with Crippen molar-refractivity contribution in [1.82, 2.24) is 4.98 Å². The summed E-state index contributed by atoms with van der Waals surface area (Å²) in [4.78, 5) is 16.7. The zero-order chi connectivity index (χ0) is 20.1. The molecule has 0 radical (unpaired) electrons. The Hall–Kier alpha value is -2.86. The highest BCUT2D eigenvalue weighted by atomic mass is 32.1. The van der Waals surface area contributed by atoms with Gasteiger partial charge >= 0.3 is 0 Å². The van der Waals surface area contributed by atoms with Crippen LogP contribution in [-0.2, 0) is 4.79 Å². The number of ether oxygens (including phenoxy) is 2. The minimum absolute atomic E-state index is 0.0555. The molecule has 1 amide bonds. The van der Waals surface area contributed by atoms with Crippen LogP contribution in [0.4, 0.5) is 5.13 Å². The molecule has 1 aromatic heterocycles. The molecule has 0 aliphatic heterocycles. The summed E-state index contributed by atoms with van der Waals surface area (Å²) >= 11 is 1.38. The minimum atomic E-state index is -0.235. The highest BCUT2D eigenvalue weighted by molar-refractivity contribution is 7.14. The SMILES string of the molecule is Cc1ccc(OCC(=O)Nc2nc(-c3ccc(OC(C)C)cc3)cs2)c(C)c1. The molecular formula is C22H24N2O3S. The predicted molar refractivity (Wildman–Crippen MR) is 113 cm³/mol. The number of anilines is 1. The first kappa shape index (κ1) is 19.9. The monoisotopic (exact) mass is 396 g/mol. The van der Waals surface area contributed by atoms with Gasteiger partial charge in [0.25, 0.3) is 5.91 Å². The Labute approximate surface area is 169 Å². The zero-order valence-corrected chi connectivity index (χ0v) is 17.3. The molecule has 0 aliphatic carbocycles. The van der Waals surface area contributed by atoms with E-state index in [2.05, 4.69) is 10.3 Å². The summed E-state index contributed by atoms with van der Waals surface area (Å²) in [6.45, 7) is 7.92. The molecule has 0 spiro atoms. The quantitative estimate of drug-likeness (QED) is 0.594. The second-order valence-corrected chi connectivity index (χ2v) is 7.69. The Morgan fingerprint density at radius 3 is 2.57 bits per heavy atom. The number of amides is 1. The summed E-state index contributed by atoms with van der Waals surface area (Å²) in [5, 5.41) is 5.25. The van der Waals surface area contributed by atoms with E-state index in [0.29, 0.717) is 10.9 Å². The van der Waals surface area contributed by atoms with E-state index in [4.69, 9.17) is 9.47 Å². The van der Waals surface area contributed by atoms with Crippen molar-refractivity contribution in [2.45, 2.75) is 33.8 Å². The average Bonchev–Trinajstić information content (AvgIpc) is 3.09. The number of rotatable bonds is 7. The number of nitrogens with zero attached hydrogens (tertiary/aromatic N) is 1. The van der Waals surface area contributed by atoms with E-state index >= 15 is 0 Å². The molecule has 0 fully saturated rings. The van der Waals surface area contributed by atoms with Crippen LogP contribution in [-0.4, -0.2) is 23.6 Å². The highest BCUT2D eigenvalue weighted by Gasteiger charge is 2.10. The maximum absolute atomic E-state index is 12.2. The van der Waals surface area contributed by atoms with Crippen molar-refractivity contribution in [1.29, 1.82) is 0 Å². The number of nitrogens with one attached hydrogen (secondary N) is 1. The normalized spacial score (nSPS) is 10.8. The second-order valence-electron chi connectivity index (χ2n) is 6.83. The van der Waals surface area contributed by atoms with Gasteiger partial charge in [0.05, 0.1) is 11.8 Å². The standard InChI is InChI=1S/C22H24N2O3S/c1-14(2)27-18-8-6-17(7-9-18)19-13-28-22(23-19)24-21(25)12-26-20-10-5-15(3)11-16(20)4/h5-11,13-14H,12H2,1-4H3,(H,23,24,25). The number of hydrogen-bond donors (Lipinski definition) is 1. The van der Waals surface area contributed by atoms with Crippen LogP contribution in [0, 0.1) is 13.8 Å². The van der Waals surface area contributed by atoms with Crippen molar-refractivity contribution in [2.75, 3.05) is 11.9 Å². The molecule has 6 heteroatoms. The largest absolute Gasteiger partial charge is 0.491 e. The summed E-state index contributed by atoms with van der Waals surface area (Å²) < 4.78 is 11.3. The molecule has 1 N–H and O–H groups in total. The number of carbonyl (C=O) groups excluding carboxylic acids is 1. The third kappa shape index (κ3) is 5.33. The highest BCUT2D eigenvalue weighted by Crippen LogP contribution is 2.27. The van der Waals surface area contributed by atoms with Gasteiger partial charge in [-0.15, -0.1) is 11.3 Å². The van der Waals surface area contributed by atoms with Gasteiger partial charge in [0.1, 0.15) is 11.5 Å². The molecule has 0 aliphatic rings. The fourth-order valence-electron chi connectivity index (χ4n) is 2.70. The fraction of sp³-hybridized carbons (Fsp3) is 0.273. The summed E-state index contributed by atoms with van der Waals surface area (Å²) in [7, 11) is 0. The average molecular weight is 397 g/mol. The van der Waals surface area contributed by atoms with Gasteiger partial charge < -0.3 is 9.47 Å². The molecule has 5 nitrogen and oxygen atoms in total. The number of thiazole rings is 1. The molecule has 0 saturated heterocycles. The first-order valence-electron chi connectivity index (χ1n) is 9.13. The predicted octanol–water partition coefficient (Wildman–Crippen LogP) is 5.23. The van der Waals surface area contributed by atoms with Gasteiger partial charge in [-0.2, -0.15) is 0 Å². The number of aryl methyl sites for hydroxylation is 2. The van der Waals surface area contributed by atoms with E-state index in [0.717, 1.165) is 28.1 Å². The maximum Gasteiger partial charge on any atom is 0.264 e. The first-order valence-corrected chi connectivity index (χ1v) is 10.0. The Morgan fingerprint density at radius 1 is 1.14 bits per heavy atom. The van der Waals surface area contributed by atoms with Crippen LogP contribution < -0.4 is 14.8 Å². The summed E-state index contributed by atoms with van der Waals surface area (Å²) in [6, 6.07) is 13.6. The molecule has 0 atom stereocenters. The van der Waals surface area contributed by atoms with Crippen LogP contribution in [0.15, 0.2) is 47.8 Å². The topological polar surface area (TPSA) is 60.5 Å². The molecule has 2 aromatic carbocycles. The van der Waals surface area contributed by atoms with E-state index < -0.39 is 0 Å². The van der Waals surface area contributed by atoms with Crippen molar-refractivity contribution in [3.05, 3.63) is 59.0 Å². The summed E-state index contributed by atoms with van der Waals surface area (Å²) in [5.74, 6) is 1.30. The Balaban J connectivity index is 1.57. The van der Waals surface area contributed by atoms with Crippen molar-refractivity contribution < 1.29 is 14.3 Å². The van der Waals surface area contributed by atoms with Gasteiger partial charge in [-0.25, -0.2) is 4.98 Å². The number of benzene rings is 2. The lowest BCUT2D eigenvalue weighted by Crippen LogP contribution is -2.20. The van der Waals surface area contributed by atoms with Crippen LogP contribution in [0.5, 0.6) is 11.5 Å². The fourth-order valence-corrected chi connectivity index (χ4v) is 3.44. The van der Waals surface area contributed by atoms with E-state index in [1.807, 2.05) is 75.5 Å². The number of aromatic nitrogens is 1. The Morgan fingerprint density at radius 2 is 1.89 bits per heavy atom. The van der Waals surface area contributed by atoms with Crippen molar-refractivity contribution in [2.24, 2.45) is 0 Å². The molecule has 1 heterocycles. The molecule has 3 rings (SSSR count). The zero-order valence-electron chi connectivity index (χ0n) is 16.5. The van der Waals surface area contributed by atoms with Crippen molar-refractivity contribution in [3.8, 4) is 22.8 Å². The minimum Gasteiger partial charge on any atom is -0.491 e. The van der Waals surface area contributed by atoms with E-state index in [1.54, 1.807) is 0 Å². The van der Waals surface area contributed by atoms with Gasteiger partial charge in [-0.05, 0) is 63.6 Å². The third-order valence-electron chi connectivity index (χ3n) is 3.96. The Kier molecular flexibility index (Phi) is 6.31. The van der Waals surface area contributed by atoms with Crippen LogP contribution in [0.2, 0.25) is 0 Å². The molecular weight excluding hydrogens is 372 g/mol. The molecule has 0 saturated carbocycles. The van der Waals surface area contributed by atoms with E-state index in [9.17, 15) is 4.79 Å². The molecule has 3 aromatic rings. The van der Waals surface area contributed by atoms with Crippen LogP contribution >= 0.6 is 11.3 Å². The number of carbonyl (C=O) groups is 1. The number of hydrogen-bond acceptors (Lipinski definition) is 5. The smallest absolute Gasteiger partial charge is 0.264 e. The summed E-state index contributed by atoms with van der Waals surface area (Å²) in [6.07, 6.45) is 0.137. The molecule has 0 unspecified atom stereocenters. The molecule has 0 bridgehead atoms. The molecule has 146 valence electrons. The van der Waals surface area contributed by atoms with Crippen LogP contribution in [0.25, 0.3) is 11.3 Å². The van der Waals surface area contributed by atoms with Crippen molar-refractivity contribution in [3.63, 3.8) is 0 Å². The lowest BCUT2D eigenvalue weighted by atomic mass is 10.1. The van der Waals surface area contributed by atoms with Gasteiger partial charge in [-0.1, -0.05) is 17.7 Å². The van der Waals surface area contributed by atoms with Gasteiger partial charge in [0.15, 0.2) is 11.7 Å². The van der Waals surface area contributed by atoms with Crippen LogP contribution in [0.3, 0.4) is 0 Å². The third-order valence-corrected chi connectivity index (χ3v) is 4.72. The second kappa shape index (κ2) is 8.89. The van der Waals surface area contributed by atoms with Gasteiger partial charge in [0, 0.05) is 10.9 Å². The Bertz CT molecular complexity index is 949. The van der Waals surface area contributed by atoms with E-state index in [1.165, 1.54) is 11.3 Å². The van der Waals surface area contributed by atoms with Gasteiger partial charge in [0.2, 0.25) is 0 Å². The van der Waals surface area contributed by atoms with Crippen LogP contribution in [0.1, 0.15) is 25.0 Å². The first-order chi connectivity index (χ1) is 13.4. The van der Waals surface area contributed by atoms with E-state index in [-0.39, 0.29) is 18.6 Å². The van der Waals surface area contributed by atoms with Crippen molar-refractivity contribution >= 4 is 22.4 Å². The van der Waals surface area contributed by atoms with Gasteiger partial charge in [-0.3, -0.25) is 10.1 Å². The lowest BCUT2D eigenvalue weighted by Gasteiger charge is -2.09. The summed E-state index contributed by atoms with van der Waals surface area (Å²) in [5.41, 5.74) is 3.95.